The summed E-state index contributed by atoms with van der Waals surface area (Å²) in [5, 5.41) is 10.1. The van der Waals surface area contributed by atoms with E-state index >= 15 is 0 Å². The van der Waals surface area contributed by atoms with Crippen LogP contribution in [0.4, 0.5) is 6.01 Å². The van der Waals surface area contributed by atoms with Gasteiger partial charge in [-0.2, -0.15) is 0 Å². The van der Waals surface area contributed by atoms with Gasteiger partial charge in [-0.15, -0.1) is 5.10 Å². The zero-order valence-corrected chi connectivity index (χ0v) is 17.9. The average Bonchev–Trinajstić information content (AvgIpc) is 3.26. The van der Waals surface area contributed by atoms with Crippen LogP contribution in [0.1, 0.15) is 6.42 Å². The molecule has 0 atom stereocenters. The predicted molar refractivity (Wildman–Crippen MR) is 111 cm³/mol. The normalized spacial score (nSPS) is 11.1. The summed E-state index contributed by atoms with van der Waals surface area (Å²) in [5.41, 5.74) is 0.534. The number of methoxy groups -OCH3 is 3. The maximum atomic E-state index is 12.4. The fraction of sp³-hybridized carbons (Fsp3) is 0.250. The monoisotopic (exact) mass is 447 g/mol. The summed E-state index contributed by atoms with van der Waals surface area (Å²) in [4.78, 5) is 12.3. The minimum Gasteiger partial charge on any atom is -0.497 e. The van der Waals surface area contributed by atoms with E-state index in [4.69, 9.17) is 18.6 Å². The van der Waals surface area contributed by atoms with Crippen LogP contribution in [0, 0.1) is 0 Å². The Kier molecular flexibility index (Phi) is 6.75. The summed E-state index contributed by atoms with van der Waals surface area (Å²) in [6, 6.07) is 10.8. The molecule has 10 nitrogen and oxygen atoms in total. The topological polar surface area (TPSA) is 130 Å². The van der Waals surface area contributed by atoms with Crippen LogP contribution in [0.3, 0.4) is 0 Å². The number of sulfone groups is 1. The van der Waals surface area contributed by atoms with Gasteiger partial charge in [0.15, 0.2) is 9.84 Å². The maximum absolute atomic E-state index is 12.4. The summed E-state index contributed by atoms with van der Waals surface area (Å²) in [6.45, 7) is 0. The summed E-state index contributed by atoms with van der Waals surface area (Å²) in [7, 11) is 0.875. The van der Waals surface area contributed by atoms with Crippen molar-refractivity contribution < 1.29 is 31.8 Å². The third-order valence-corrected chi connectivity index (χ3v) is 6.02. The van der Waals surface area contributed by atoms with Crippen molar-refractivity contribution in [2.24, 2.45) is 0 Å². The van der Waals surface area contributed by atoms with Gasteiger partial charge in [0, 0.05) is 18.1 Å². The van der Waals surface area contributed by atoms with Crippen molar-refractivity contribution in [3.63, 3.8) is 0 Å². The molecule has 0 saturated carbocycles. The van der Waals surface area contributed by atoms with Crippen LogP contribution in [-0.4, -0.2) is 51.6 Å². The first-order chi connectivity index (χ1) is 14.8. The molecule has 0 spiro atoms. The van der Waals surface area contributed by atoms with Gasteiger partial charge in [-0.3, -0.25) is 10.1 Å². The lowest BCUT2D eigenvalue weighted by Crippen LogP contribution is -2.17. The molecule has 0 unspecified atom stereocenters. The van der Waals surface area contributed by atoms with Gasteiger partial charge in [-0.25, -0.2) is 8.42 Å². The Balaban J connectivity index is 1.63. The first kappa shape index (κ1) is 22.1. The fourth-order valence-electron chi connectivity index (χ4n) is 2.63. The van der Waals surface area contributed by atoms with Gasteiger partial charge in [-0.1, -0.05) is 5.10 Å². The number of hydrogen-bond acceptors (Lipinski definition) is 9. The van der Waals surface area contributed by atoms with Crippen molar-refractivity contribution in [1.82, 2.24) is 10.2 Å². The van der Waals surface area contributed by atoms with E-state index in [2.05, 4.69) is 15.5 Å². The minimum atomic E-state index is -3.64. The minimum absolute atomic E-state index is 0.105. The highest BCUT2D eigenvalue weighted by Crippen LogP contribution is 2.29. The molecule has 1 aromatic heterocycles. The molecule has 1 N–H and O–H groups in total. The number of nitrogens with one attached hydrogen (secondary N) is 1. The molecule has 0 saturated heterocycles. The van der Waals surface area contributed by atoms with Crippen molar-refractivity contribution in [1.29, 1.82) is 0 Å². The molecular weight excluding hydrogens is 426 g/mol. The van der Waals surface area contributed by atoms with Gasteiger partial charge >= 0.3 is 6.01 Å². The van der Waals surface area contributed by atoms with Crippen molar-refractivity contribution in [2.45, 2.75) is 11.3 Å². The number of amides is 1. The van der Waals surface area contributed by atoms with E-state index in [1.165, 1.54) is 33.5 Å². The number of hydrogen-bond donors (Lipinski definition) is 1. The van der Waals surface area contributed by atoms with Gasteiger partial charge in [0.1, 0.15) is 17.2 Å². The number of anilines is 1. The van der Waals surface area contributed by atoms with Gasteiger partial charge in [-0.05, 0) is 36.4 Å². The lowest BCUT2D eigenvalue weighted by molar-refractivity contribution is -0.115. The summed E-state index contributed by atoms with van der Waals surface area (Å²) in [5.74, 6) is 0.786. The Morgan fingerprint density at radius 3 is 2.13 bits per heavy atom. The van der Waals surface area contributed by atoms with E-state index in [1.54, 1.807) is 30.3 Å². The fourth-order valence-corrected chi connectivity index (χ4v) is 3.87. The Bertz CT molecular complexity index is 1140. The lowest BCUT2D eigenvalue weighted by atomic mass is 10.2. The molecule has 2 aromatic carbocycles. The van der Waals surface area contributed by atoms with Crippen LogP contribution in [0.5, 0.6) is 17.2 Å². The van der Waals surface area contributed by atoms with Gasteiger partial charge in [0.05, 0.1) is 32.0 Å². The van der Waals surface area contributed by atoms with E-state index in [1.807, 2.05) is 0 Å². The molecule has 0 bridgehead atoms. The number of benzene rings is 2. The highest BCUT2D eigenvalue weighted by atomic mass is 32.2. The van der Waals surface area contributed by atoms with Crippen molar-refractivity contribution in [3.8, 4) is 28.7 Å². The van der Waals surface area contributed by atoms with Crippen LogP contribution in [0.2, 0.25) is 0 Å². The Labute approximate surface area is 179 Å². The number of rotatable bonds is 9. The number of ether oxygens (including phenoxy) is 3. The Morgan fingerprint density at radius 2 is 1.55 bits per heavy atom. The van der Waals surface area contributed by atoms with E-state index in [0.717, 1.165) is 0 Å². The molecule has 1 amide bonds. The van der Waals surface area contributed by atoms with Crippen LogP contribution >= 0.6 is 0 Å². The largest absolute Gasteiger partial charge is 0.497 e. The second kappa shape index (κ2) is 9.47. The van der Waals surface area contributed by atoms with E-state index < -0.39 is 15.7 Å². The highest BCUT2D eigenvalue weighted by Gasteiger charge is 2.18. The first-order valence-electron chi connectivity index (χ1n) is 9.08. The summed E-state index contributed by atoms with van der Waals surface area (Å²) < 4.78 is 45.7. The Hall–Kier alpha value is -3.60. The first-order valence-corrected chi connectivity index (χ1v) is 10.7. The smallest absolute Gasteiger partial charge is 0.322 e. The molecule has 164 valence electrons. The second-order valence-electron chi connectivity index (χ2n) is 6.31. The van der Waals surface area contributed by atoms with E-state index in [-0.39, 0.29) is 29.0 Å². The molecule has 1 heterocycles. The zero-order chi connectivity index (χ0) is 22.4. The molecule has 3 rings (SSSR count). The lowest BCUT2D eigenvalue weighted by Gasteiger charge is -2.06. The molecule has 0 aliphatic heterocycles. The standard InChI is InChI=1S/C20H21N3O7S/c1-27-14-4-6-17(7-5-14)31(25,26)9-8-18(24)21-20-23-22-19(30-20)13-10-15(28-2)12-16(11-13)29-3/h4-7,10-12H,8-9H2,1-3H3,(H,21,23,24). The highest BCUT2D eigenvalue weighted by molar-refractivity contribution is 7.91. The average molecular weight is 447 g/mol. The number of carbonyl (C=O) groups is 1. The van der Waals surface area contributed by atoms with E-state index in [0.29, 0.717) is 22.8 Å². The van der Waals surface area contributed by atoms with Gasteiger partial charge in [0.2, 0.25) is 11.8 Å². The SMILES string of the molecule is COc1ccc(S(=O)(=O)CCC(=O)Nc2nnc(-c3cc(OC)cc(OC)c3)o2)cc1. The molecule has 0 radical (unpaired) electrons. The van der Waals surface area contributed by atoms with Crippen LogP contribution < -0.4 is 19.5 Å². The van der Waals surface area contributed by atoms with Crippen molar-refractivity contribution in [2.75, 3.05) is 32.4 Å². The molecule has 3 aromatic rings. The van der Waals surface area contributed by atoms with Gasteiger partial charge < -0.3 is 18.6 Å². The third-order valence-electron chi connectivity index (χ3n) is 4.29. The molecule has 0 aliphatic rings. The number of aromatic nitrogens is 2. The Morgan fingerprint density at radius 1 is 0.935 bits per heavy atom. The number of nitrogens with zero attached hydrogens (tertiary/aromatic N) is 2. The molecule has 0 fully saturated rings. The number of carbonyl (C=O) groups excluding carboxylic acids is 1. The molecule has 0 aliphatic carbocycles. The predicted octanol–water partition coefficient (Wildman–Crippen LogP) is 2.56. The van der Waals surface area contributed by atoms with Gasteiger partial charge in [0.25, 0.3) is 0 Å². The van der Waals surface area contributed by atoms with Crippen molar-refractivity contribution >= 4 is 21.8 Å². The van der Waals surface area contributed by atoms with Crippen LogP contribution in [-0.2, 0) is 14.6 Å². The third kappa shape index (κ3) is 5.51. The van der Waals surface area contributed by atoms with Crippen molar-refractivity contribution in [3.05, 3.63) is 42.5 Å². The molecular formula is C20H21N3O7S. The van der Waals surface area contributed by atoms with Crippen LogP contribution in [0.15, 0.2) is 51.8 Å². The van der Waals surface area contributed by atoms with Crippen LogP contribution in [0.25, 0.3) is 11.5 Å². The summed E-state index contributed by atoms with van der Waals surface area (Å²) in [6.07, 6.45) is -0.279. The molecule has 31 heavy (non-hydrogen) atoms. The zero-order valence-electron chi connectivity index (χ0n) is 17.1. The quantitative estimate of drug-likeness (QED) is 0.526. The summed E-state index contributed by atoms with van der Waals surface area (Å²) >= 11 is 0. The molecule has 11 heteroatoms. The van der Waals surface area contributed by atoms with E-state index in [9.17, 15) is 13.2 Å². The second-order valence-corrected chi connectivity index (χ2v) is 8.42. The maximum Gasteiger partial charge on any atom is 0.322 e.